The van der Waals surface area contributed by atoms with Crippen LogP contribution in [0.3, 0.4) is 0 Å². The molecule has 3 nitrogen and oxygen atoms in total. The average molecular weight is 940 g/mol. The van der Waals surface area contributed by atoms with Gasteiger partial charge in [0.15, 0.2) is 0 Å². The van der Waals surface area contributed by atoms with E-state index >= 15 is 0 Å². The second kappa shape index (κ2) is 14.6. The number of nitrogens with zero attached hydrogens (tertiary/aromatic N) is 1. The highest BCUT2D eigenvalue weighted by Gasteiger charge is 2.49. The lowest BCUT2D eigenvalue weighted by Gasteiger charge is -2.32. The summed E-state index contributed by atoms with van der Waals surface area (Å²) in [6, 6.07) is 71.8. The third kappa shape index (κ3) is 5.60. The summed E-state index contributed by atoms with van der Waals surface area (Å²) in [7, 11) is 0. The van der Waals surface area contributed by atoms with Gasteiger partial charge in [-0.05, 0) is 128 Å². The minimum absolute atomic E-state index is 0.240. The minimum atomic E-state index is -0.350. The van der Waals surface area contributed by atoms with Crippen LogP contribution in [0.15, 0.2) is 203 Å². The van der Waals surface area contributed by atoms with Gasteiger partial charge in [0.2, 0.25) is 0 Å². The molecule has 0 N–H and O–H groups in total. The monoisotopic (exact) mass is 939 g/mol. The van der Waals surface area contributed by atoms with E-state index in [1.165, 1.54) is 99.6 Å². The fourth-order valence-electron chi connectivity index (χ4n) is 13.8. The van der Waals surface area contributed by atoms with Gasteiger partial charge in [-0.2, -0.15) is 0 Å². The van der Waals surface area contributed by atoms with Gasteiger partial charge in [0.25, 0.3) is 0 Å². The molecule has 2 heterocycles. The first-order valence-corrected chi connectivity index (χ1v) is 25.8. The highest BCUT2D eigenvalue weighted by molar-refractivity contribution is 6.21. The van der Waals surface area contributed by atoms with E-state index < -0.39 is 0 Å². The van der Waals surface area contributed by atoms with Crippen LogP contribution >= 0.6 is 0 Å². The summed E-state index contributed by atoms with van der Waals surface area (Å²) in [6.45, 7) is 16.7. The number of anilines is 3. The van der Waals surface area contributed by atoms with E-state index in [4.69, 9.17) is 8.83 Å². The van der Waals surface area contributed by atoms with Crippen molar-refractivity contribution >= 4 is 60.9 Å². The number of furan rings is 2. The molecule has 0 unspecified atom stereocenters. The maximum Gasteiger partial charge on any atom is 0.144 e. The fourth-order valence-corrected chi connectivity index (χ4v) is 13.8. The largest absolute Gasteiger partial charge is 0.455 e. The summed E-state index contributed by atoms with van der Waals surface area (Å²) in [5.74, 6) is 0. The van der Waals surface area contributed by atoms with Crippen LogP contribution in [-0.4, -0.2) is 0 Å². The number of para-hydroxylation sites is 3. The second-order valence-corrected chi connectivity index (χ2v) is 22.4. The number of benzene rings is 10. The van der Waals surface area contributed by atoms with Crippen molar-refractivity contribution in [2.75, 3.05) is 4.90 Å². The third-order valence-electron chi connectivity index (χ3n) is 17.3. The van der Waals surface area contributed by atoms with Crippen LogP contribution in [0.2, 0.25) is 0 Å². The maximum absolute atomic E-state index is 7.02. The van der Waals surface area contributed by atoms with Gasteiger partial charge >= 0.3 is 0 Å². The van der Waals surface area contributed by atoms with Crippen molar-refractivity contribution in [3.63, 3.8) is 0 Å². The zero-order valence-corrected chi connectivity index (χ0v) is 42.2. The van der Waals surface area contributed by atoms with E-state index in [0.717, 1.165) is 55.9 Å². The predicted octanol–water partition coefficient (Wildman–Crippen LogP) is 19.5. The first-order valence-electron chi connectivity index (χ1n) is 25.8. The fraction of sp³-hybridized carbons (Fsp3) is 0.143. The molecule has 3 heteroatoms. The lowest BCUT2D eigenvalue weighted by molar-refractivity contribution is 0.600. The quantitative estimate of drug-likeness (QED) is 0.172. The summed E-state index contributed by atoms with van der Waals surface area (Å²) in [5, 5.41) is 4.72. The van der Waals surface area contributed by atoms with Crippen LogP contribution < -0.4 is 4.90 Å². The van der Waals surface area contributed by atoms with E-state index in [1.807, 2.05) is 0 Å². The molecule has 0 saturated carbocycles. The molecule has 0 radical (unpaired) electrons. The Hall–Kier alpha value is -8.40. The van der Waals surface area contributed by atoms with Gasteiger partial charge in [-0.25, -0.2) is 0 Å². The third-order valence-corrected chi connectivity index (χ3v) is 17.3. The maximum atomic E-state index is 7.02. The molecule has 3 aliphatic carbocycles. The molecule has 0 atom stereocenters. The number of hydrogen-bond acceptors (Lipinski definition) is 3. The van der Waals surface area contributed by atoms with E-state index in [1.54, 1.807) is 0 Å². The zero-order chi connectivity index (χ0) is 49.3. The van der Waals surface area contributed by atoms with Crippen LogP contribution in [0.5, 0.6) is 0 Å². The van der Waals surface area contributed by atoms with Crippen molar-refractivity contribution in [1.29, 1.82) is 0 Å². The Morgan fingerprint density at radius 3 is 1.56 bits per heavy atom. The van der Waals surface area contributed by atoms with E-state index in [0.29, 0.717) is 0 Å². The van der Waals surface area contributed by atoms with Crippen molar-refractivity contribution in [3.8, 4) is 55.6 Å². The van der Waals surface area contributed by atoms with Gasteiger partial charge in [0, 0.05) is 65.9 Å². The Balaban J connectivity index is 0.973. The first kappa shape index (κ1) is 42.3. The molecule has 2 aromatic heterocycles. The Morgan fingerprint density at radius 2 is 0.863 bits per heavy atom. The number of aryl methyl sites for hydroxylation is 1. The number of hydrogen-bond donors (Lipinski definition) is 0. The summed E-state index contributed by atoms with van der Waals surface area (Å²) < 4.78 is 13.9. The second-order valence-electron chi connectivity index (χ2n) is 22.4. The molecule has 12 aromatic rings. The lowest BCUT2D eigenvalue weighted by atomic mass is 9.72. The normalized spacial score (nSPS) is 15.1. The van der Waals surface area contributed by atoms with Crippen molar-refractivity contribution in [1.82, 2.24) is 0 Å². The Kier molecular flexibility index (Phi) is 8.47. The lowest BCUT2D eigenvalue weighted by Crippen LogP contribution is -2.24. The van der Waals surface area contributed by atoms with Crippen molar-refractivity contribution in [3.05, 3.63) is 233 Å². The van der Waals surface area contributed by atoms with Gasteiger partial charge in [-0.1, -0.05) is 193 Å². The minimum Gasteiger partial charge on any atom is -0.455 e. The molecule has 0 fully saturated rings. The molecule has 0 bridgehead atoms. The Morgan fingerprint density at radius 1 is 0.356 bits per heavy atom. The van der Waals surface area contributed by atoms with Crippen LogP contribution in [0.4, 0.5) is 17.1 Å². The highest BCUT2D eigenvalue weighted by atomic mass is 16.3. The first-order chi connectivity index (χ1) is 35.4. The molecular formula is C70H53NO2. The smallest absolute Gasteiger partial charge is 0.144 e. The van der Waals surface area contributed by atoms with Crippen LogP contribution in [0.1, 0.15) is 80.5 Å². The van der Waals surface area contributed by atoms with Gasteiger partial charge in [-0.3, -0.25) is 0 Å². The molecule has 3 aliphatic rings. The Labute approximate surface area is 426 Å². The molecule has 0 aliphatic heterocycles. The Bertz CT molecular complexity index is 4350. The van der Waals surface area contributed by atoms with E-state index in [-0.39, 0.29) is 16.2 Å². The van der Waals surface area contributed by atoms with Crippen molar-refractivity contribution in [2.24, 2.45) is 0 Å². The van der Waals surface area contributed by atoms with Crippen LogP contribution in [0, 0.1) is 6.92 Å². The van der Waals surface area contributed by atoms with Crippen molar-refractivity contribution in [2.45, 2.75) is 64.7 Å². The molecule has 15 rings (SSSR count). The van der Waals surface area contributed by atoms with Crippen LogP contribution in [0.25, 0.3) is 99.5 Å². The van der Waals surface area contributed by atoms with Gasteiger partial charge in [0.05, 0.1) is 5.69 Å². The summed E-state index contributed by atoms with van der Waals surface area (Å²) in [6.07, 6.45) is 0. The molecule has 350 valence electrons. The molecule has 0 spiro atoms. The standard InChI is InChI=1S/C70H53NO2/c1-40-29-31-42(32-30-40)51-39-55-59(61-49-23-13-17-27-57(49)72-66(51)61)47-35-33-43(37-53(47)68(55,2)3)71(56-26-16-12-21-45(56)41-19-9-8-10-20-41)44-34-36-48-54(38-44)70(6,7)64-60(48)62-50-24-14-18-28-58(50)73-67(62)63-46-22-11-15-25-52(46)69(4,5)65(63)64/h8-39H,1-7H3. The molecule has 0 amide bonds. The summed E-state index contributed by atoms with van der Waals surface area (Å²) >= 11 is 0. The van der Waals surface area contributed by atoms with Gasteiger partial charge in [-0.15, -0.1) is 0 Å². The SMILES string of the molecule is Cc1ccc(-c2cc3c(c4c2oc2ccccc24)-c2ccc(N(c4ccc5c(c4)C(C)(C)c4c6c(c7oc8ccccc8c7c4-5)-c4ccccc4C6(C)C)c4ccccc4-c4ccccc4)cc2C3(C)C)cc1. The predicted molar refractivity (Wildman–Crippen MR) is 304 cm³/mol. The molecule has 73 heavy (non-hydrogen) atoms. The van der Waals surface area contributed by atoms with E-state index in [2.05, 4.69) is 247 Å². The number of rotatable bonds is 5. The molecular weight excluding hydrogens is 887 g/mol. The van der Waals surface area contributed by atoms with Crippen LogP contribution in [-0.2, 0) is 16.2 Å². The van der Waals surface area contributed by atoms with Gasteiger partial charge in [0.1, 0.15) is 22.3 Å². The van der Waals surface area contributed by atoms with E-state index in [9.17, 15) is 0 Å². The topological polar surface area (TPSA) is 29.5 Å². The molecule has 10 aromatic carbocycles. The van der Waals surface area contributed by atoms with Gasteiger partial charge < -0.3 is 13.7 Å². The molecule has 0 saturated heterocycles. The average Bonchev–Trinajstić information content (AvgIpc) is 4.16. The number of fused-ring (bicyclic) bond motifs is 19. The summed E-state index contributed by atoms with van der Waals surface area (Å²) in [4.78, 5) is 2.52. The van der Waals surface area contributed by atoms with Crippen molar-refractivity contribution < 1.29 is 8.83 Å². The zero-order valence-electron chi connectivity index (χ0n) is 42.2. The summed E-state index contributed by atoms with van der Waals surface area (Å²) in [5.41, 5.74) is 27.8. The highest BCUT2D eigenvalue weighted by Crippen LogP contribution is 2.64.